The lowest BCUT2D eigenvalue weighted by molar-refractivity contribution is -0.138. The van der Waals surface area contributed by atoms with Gasteiger partial charge >= 0.3 is 19.9 Å². The molecule has 1 amide bonds. The van der Waals surface area contributed by atoms with Gasteiger partial charge in [-0.3, -0.25) is 14.0 Å². The van der Waals surface area contributed by atoms with Gasteiger partial charge in [-0.1, -0.05) is 0 Å². The van der Waals surface area contributed by atoms with Crippen LogP contribution in [0.15, 0.2) is 12.7 Å². The minimum atomic E-state index is -4.94. The summed E-state index contributed by atoms with van der Waals surface area (Å²) in [6.45, 7) is 4.79. The predicted octanol–water partition coefficient (Wildman–Crippen LogP) is -0.290. The number of aromatic nitrogens is 4. The number of nitrogens with one attached hydrogen (secondary N) is 1. The van der Waals surface area contributed by atoms with Crippen molar-refractivity contribution in [3.8, 4) is 0 Å². The van der Waals surface area contributed by atoms with Crippen molar-refractivity contribution in [2.75, 3.05) is 18.9 Å². The Morgan fingerprint density at radius 3 is 2.64 bits per heavy atom. The first-order chi connectivity index (χ1) is 18.2. The van der Waals surface area contributed by atoms with Crippen LogP contribution in [0, 0.1) is 0 Å². The zero-order valence-electron chi connectivity index (χ0n) is 21.7. The molecule has 0 aliphatic carbocycles. The largest absolute Gasteiger partial charge is 0.529 e. The van der Waals surface area contributed by atoms with Crippen LogP contribution in [0.1, 0.15) is 46.3 Å². The topological polar surface area (TPSA) is 256 Å². The van der Waals surface area contributed by atoms with Gasteiger partial charge in [-0.2, -0.15) is 0 Å². The summed E-state index contributed by atoms with van der Waals surface area (Å²) in [6, 6.07) is -1.22. The third-order valence-electron chi connectivity index (χ3n) is 5.52. The maximum absolute atomic E-state index is 12.3. The molecule has 0 spiro atoms. The van der Waals surface area contributed by atoms with E-state index < -0.39 is 62.7 Å². The van der Waals surface area contributed by atoms with Crippen LogP contribution in [-0.4, -0.2) is 89.8 Å². The van der Waals surface area contributed by atoms with Gasteiger partial charge in [0.2, 0.25) is 0 Å². The standard InChI is InChI=1S/C21H34N7O10P/c1-21(2,3)37-20(32)24-7-5-4-6-11(22)19(31)38-39(33,34)35-8-12-14(29)15(30)18(36-12)28-10-27-13-16(23)25-9-26-17(13)28/h9-12,14-15,18,29-30H,4-8,22H2,1-3H3,(H,24,32)(H,33,34)(H2,23,25,26)/t11-,12+,14+,15+,18+/m0/s1. The molecule has 1 aliphatic heterocycles. The number of aliphatic hydroxyl groups excluding tert-OH is 2. The van der Waals surface area contributed by atoms with Gasteiger partial charge in [0, 0.05) is 6.54 Å². The molecular weight excluding hydrogens is 541 g/mol. The summed E-state index contributed by atoms with van der Waals surface area (Å²) in [5.74, 6) is -1.07. The van der Waals surface area contributed by atoms with Crippen LogP contribution in [0.2, 0.25) is 0 Å². The Hall–Kier alpha value is -2.92. The van der Waals surface area contributed by atoms with Crippen LogP contribution in [0.4, 0.5) is 10.6 Å². The average Bonchev–Trinajstić information content (AvgIpc) is 3.38. The number of fused-ring (bicyclic) bond motifs is 1. The van der Waals surface area contributed by atoms with E-state index >= 15 is 0 Å². The highest BCUT2D eigenvalue weighted by molar-refractivity contribution is 7.48. The Morgan fingerprint density at radius 1 is 1.23 bits per heavy atom. The average molecular weight is 576 g/mol. The van der Waals surface area contributed by atoms with Crippen molar-refractivity contribution in [3.05, 3.63) is 12.7 Å². The van der Waals surface area contributed by atoms with Crippen molar-refractivity contribution in [1.29, 1.82) is 0 Å². The Kier molecular flexibility index (Phi) is 9.82. The molecule has 1 unspecified atom stereocenters. The van der Waals surface area contributed by atoms with E-state index in [4.69, 9.17) is 25.5 Å². The number of carbonyl (C=O) groups excluding carboxylic acids is 2. The molecule has 0 radical (unpaired) electrons. The molecule has 2 aromatic rings. The molecule has 39 heavy (non-hydrogen) atoms. The third-order valence-corrected chi connectivity index (χ3v) is 6.40. The van der Waals surface area contributed by atoms with Crippen molar-refractivity contribution in [2.45, 2.75) is 76.2 Å². The van der Waals surface area contributed by atoms with E-state index in [1.807, 2.05) is 0 Å². The van der Waals surface area contributed by atoms with E-state index in [1.54, 1.807) is 20.8 Å². The Balaban J connectivity index is 1.44. The first kappa shape index (κ1) is 30.6. The van der Waals surface area contributed by atoms with E-state index in [-0.39, 0.29) is 29.9 Å². The molecule has 2 aromatic heterocycles. The lowest BCUT2D eigenvalue weighted by Crippen LogP contribution is -2.34. The number of rotatable bonds is 11. The smallest absolute Gasteiger partial charge is 0.444 e. The van der Waals surface area contributed by atoms with E-state index in [9.17, 15) is 29.3 Å². The lowest BCUT2D eigenvalue weighted by atomic mass is 10.1. The van der Waals surface area contributed by atoms with Gasteiger partial charge in [0.15, 0.2) is 17.7 Å². The first-order valence-corrected chi connectivity index (χ1v) is 13.6. The van der Waals surface area contributed by atoms with Crippen molar-refractivity contribution in [3.63, 3.8) is 0 Å². The number of carbonyl (C=O) groups is 2. The van der Waals surface area contributed by atoms with Gasteiger partial charge in [-0.25, -0.2) is 29.1 Å². The Morgan fingerprint density at radius 2 is 1.95 bits per heavy atom. The van der Waals surface area contributed by atoms with Crippen molar-refractivity contribution in [2.24, 2.45) is 5.73 Å². The molecule has 18 heteroatoms. The highest BCUT2D eigenvalue weighted by Gasteiger charge is 2.45. The van der Waals surface area contributed by atoms with Crippen molar-refractivity contribution >= 4 is 36.9 Å². The summed E-state index contributed by atoms with van der Waals surface area (Å²) in [5, 5.41) is 23.4. The molecule has 3 rings (SSSR count). The molecule has 8 N–H and O–H groups in total. The SMILES string of the molecule is CC(C)(C)OC(=O)NCCCC[C@H](N)C(=O)OP(=O)(O)OC[C@H]1O[C@@H](n2cnc3c(N)ncnc32)[C@H](O)[C@@H]1O. The van der Waals surface area contributed by atoms with Gasteiger partial charge < -0.3 is 41.0 Å². The second kappa shape index (κ2) is 12.5. The molecule has 1 fully saturated rings. The third kappa shape index (κ3) is 8.28. The summed E-state index contributed by atoms with van der Waals surface area (Å²) in [6.07, 6.45) is -2.56. The molecule has 1 aliphatic rings. The monoisotopic (exact) mass is 575 g/mol. The van der Waals surface area contributed by atoms with Crippen LogP contribution in [-0.2, 0) is 27.9 Å². The number of hydrogen-bond donors (Lipinski definition) is 6. The first-order valence-electron chi connectivity index (χ1n) is 12.1. The van der Waals surface area contributed by atoms with Crippen molar-refractivity contribution in [1.82, 2.24) is 24.8 Å². The number of phosphoric acid groups is 1. The van der Waals surface area contributed by atoms with E-state index in [1.165, 1.54) is 17.2 Å². The Labute approximate surface area is 223 Å². The quantitative estimate of drug-likeness (QED) is 0.149. The summed E-state index contributed by atoms with van der Waals surface area (Å²) in [5.41, 5.74) is 11.4. The number of unbranched alkanes of at least 4 members (excludes halogenated alkanes) is 1. The number of imidazole rings is 1. The van der Waals surface area contributed by atoms with Crippen LogP contribution >= 0.6 is 7.82 Å². The number of hydrogen-bond acceptors (Lipinski definition) is 14. The molecular formula is C21H34N7O10P. The lowest BCUT2D eigenvalue weighted by Gasteiger charge is -2.20. The van der Waals surface area contributed by atoms with E-state index in [0.717, 1.165) is 0 Å². The minimum absolute atomic E-state index is 0.102. The summed E-state index contributed by atoms with van der Waals surface area (Å²) < 4.78 is 33.7. The molecule has 0 bridgehead atoms. The molecule has 1 saturated heterocycles. The fraction of sp³-hybridized carbons (Fsp3) is 0.667. The molecule has 3 heterocycles. The zero-order valence-corrected chi connectivity index (χ0v) is 22.6. The van der Waals surface area contributed by atoms with Crippen LogP contribution in [0.5, 0.6) is 0 Å². The Bertz CT molecular complexity index is 1210. The molecule has 0 aromatic carbocycles. The predicted molar refractivity (Wildman–Crippen MR) is 134 cm³/mol. The highest BCUT2D eigenvalue weighted by atomic mass is 31.2. The van der Waals surface area contributed by atoms with Crippen LogP contribution in [0.3, 0.4) is 0 Å². The van der Waals surface area contributed by atoms with Gasteiger partial charge in [0.05, 0.1) is 12.9 Å². The minimum Gasteiger partial charge on any atom is -0.444 e. The second-order valence-electron chi connectivity index (χ2n) is 9.83. The number of nitrogens with zero attached hydrogens (tertiary/aromatic N) is 4. The summed E-state index contributed by atoms with van der Waals surface area (Å²) >= 11 is 0. The fourth-order valence-corrected chi connectivity index (χ4v) is 4.39. The molecule has 0 saturated carbocycles. The fourth-order valence-electron chi connectivity index (χ4n) is 3.64. The maximum atomic E-state index is 12.3. The van der Waals surface area contributed by atoms with Crippen molar-refractivity contribution < 1.29 is 47.8 Å². The number of ether oxygens (including phenoxy) is 2. The van der Waals surface area contributed by atoms with Gasteiger partial charge in [-0.05, 0) is 40.0 Å². The zero-order chi connectivity index (χ0) is 29.0. The molecule has 218 valence electrons. The number of aliphatic hydroxyl groups is 2. The van der Waals surface area contributed by atoms with Crippen LogP contribution in [0.25, 0.3) is 11.2 Å². The van der Waals surface area contributed by atoms with E-state index in [0.29, 0.717) is 12.8 Å². The number of phosphoric ester groups is 1. The van der Waals surface area contributed by atoms with Gasteiger partial charge in [0.25, 0.3) is 0 Å². The van der Waals surface area contributed by atoms with Crippen LogP contribution < -0.4 is 16.8 Å². The molecule has 6 atom stereocenters. The van der Waals surface area contributed by atoms with E-state index in [2.05, 4.69) is 24.8 Å². The summed E-state index contributed by atoms with van der Waals surface area (Å²) in [4.78, 5) is 45.6. The number of alkyl carbamates (subject to hydrolysis) is 1. The number of anilines is 1. The number of nitrogen functional groups attached to an aromatic ring is 1. The van der Waals surface area contributed by atoms with Gasteiger partial charge in [-0.15, -0.1) is 0 Å². The van der Waals surface area contributed by atoms with Gasteiger partial charge in [0.1, 0.15) is 41.8 Å². The molecule has 17 nitrogen and oxygen atoms in total. The number of amides is 1. The second-order valence-corrected chi connectivity index (χ2v) is 11.2. The maximum Gasteiger partial charge on any atom is 0.529 e. The number of nitrogens with two attached hydrogens (primary N) is 2. The summed E-state index contributed by atoms with van der Waals surface area (Å²) in [7, 11) is -4.94. The normalized spacial score (nSPS) is 23.8. The highest BCUT2D eigenvalue weighted by Crippen LogP contribution is 2.45.